The lowest BCUT2D eigenvalue weighted by atomic mass is 10.1. The molecular formula is C22H25N3O4S. The maximum Gasteiger partial charge on any atom is 0.283 e. The number of aromatic nitrogens is 2. The van der Waals surface area contributed by atoms with Crippen LogP contribution in [0.25, 0.3) is 10.9 Å². The maximum absolute atomic E-state index is 12.3. The second-order valence-electron chi connectivity index (χ2n) is 7.95. The first-order valence-electron chi connectivity index (χ1n) is 9.93. The summed E-state index contributed by atoms with van der Waals surface area (Å²) in [5, 5.41) is 1.10. The van der Waals surface area contributed by atoms with Crippen molar-refractivity contribution in [2.45, 2.75) is 38.6 Å². The average Bonchev–Trinajstić information content (AvgIpc) is 3.38. The number of carbonyl (C=O) groups is 1. The minimum Gasteiger partial charge on any atom is -0.497 e. The molecule has 3 aromatic rings. The Kier molecular flexibility index (Phi) is 5.05. The molecule has 1 saturated carbocycles. The number of amides is 1. The molecule has 158 valence electrons. The van der Waals surface area contributed by atoms with Crippen LogP contribution in [0.1, 0.15) is 48.6 Å². The van der Waals surface area contributed by atoms with Crippen molar-refractivity contribution in [2.75, 3.05) is 12.9 Å². The van der Waals surface area contributed by atoms with Gasteiger partial charge >= 0.3 is 0 Å². The molecule has 2 aromatic heterocycles. The number of rotatable bonds is 7. The fourth-order valence-corrected chi connectivity index (χ4v) is 4.14. The Hall–Kier alpha value is -2.87. The second-order valence-corrected chi connectivity index (χ2v) is 9.96. The zero-order chi connectivity index (χ0) is 21.5. The van der Waals surface area contributed by atoms with Gasteiger partial charge in [-0.3, -0.25) is 4.79 Å². The summed E-state index contributed by atoms with van der Waals surface area (Å²) in [5.74, 6) is -0.0737. The van der Waals surface area contributed by atoms with E-state index >= 15 is 0 Å². The van der Waals surface area contributed by atoms with Crippen LogP contribution in [0.3, 0.4) is 0 Å². The molecule has 8 heteroatoms. The molecule has 1 fully saturated rings. The van der Waals surface area contributed by atoms with Crippen molar-refractivity contribution in [2.24, 2.45) is 0 Å². The van der Waals surface area contributed by atoms with Crippen LogP contribution < -0.4 is 9.46 Å². The zero-order valence-electron chi connectivity index (χ0n) is 17.3. The van der Waals surface area contributed by atoms with Crippen molar-refractivity contribution < 1.29 is 17.9 Å². The lowest BCUT2D eigenvalue weighted by Crippen LogP contribution is -2.32. The van der Waals surface area contributed by atoms with Gasteiger partial charge in [0.05, 0.1) is 25.1 Å². The largest absolute Gasteiger partial charge is 0.497 e. The molecule has 1 aliphatic rings. The Balaban J connectivity index is 1.70. The van der Waals surface area contributed by atoms with Gasteiger partial charge in [-0.15, -0.1) is 0 Å². The van der Waals surface area contributed by atoms with Gasteiger partial charge in [0.2, 0.25) is 10.0 Å². The molecule has 0 saturated heterocycles. The Labute approximate surface area is 176 Å². The lowest BCUT2D eigenvalue weighted by Gasteiger charge is -2.15. The Morgan fingerprint density at radius 1 is 1.23 bits per heavy atom. The number of pyridine rings is 1. The molecule has 1 aromatic carbocycles. The number of fused-ring (bicyclic) bond motifs is 1. The summed E-state index contributed by atoms with van der Waals surface area (Å²) in [6.07, 6.45) is 2.26. The van der Waals surface area contributed by atoms with Crippen LogP contribution in [0.15, 0.2) is 42.5 Å². The molecular weight excluding hydrogens is 402 g/mol. The molecule has 0 aliphatic heterocycles. The van der Waals surface area contributed by atoms with Crippen LogP contribution in [0.4, 0.5) is 0 Å². The molecule has 1 amide bonds. The predicted molar refractivity (Wildman–Crippen MR) is 115 cm³/mol. The van der Waals surface area contributed by atoms with E-state index in [9.17, 15) is 13.2 Å². The number of nitrogens with zero attached hydrogens (tertiary/aromatic N) is 2. The smallest absolute Gasteiger partial charge is 0.283 e. The van der Waals surface area contributed by atoms with Gasteiger partial charge in [0.25, 0.3) is 5.91 Å². The van der Waals surface area contributed by atoms with E-state index in [0.717, 1.165) is 29.5 Å². The zero-order valence-corrected chi connectivity index (χ0v) is 18.1. The summed E-state index contributed by atoms with van der Waals surface area (Å²) in [6, 6.07) is 13.3. The van der Waals surface area contributed by atoms with Crippen LogP contribution in [0.2, 0.25) is 0 Å². The molecule has 1 N–H and O–H groups in total. The quantitative estimate of drug-likeness (QED) is 0.625. The number of carbonyl (C=O) groups excluding carboxylic acids is 1. The lowest BCUT2D eigenvalue weighted by molar-refractivity contribution is 0.0976. The molecule has 30 heavy (non-hydrogen) atoms. The van der Waals surface area contributed by atoms with E-state index in [0.29, 0.717) is 12.2 Å². The standard InChI is InChI=1S/C22H25N3O4S/c1-4-30(27,28)24-21(26)18-7-5-6-16(23-18)14-25-19-9-8-17(29-3)12-15(19)13-20(25)22(2)10-11-22/h5-9,12-13H,4,10-11,14H2,1-3H3,(H,24,26). The Morgan fingerprint density at radius 2 is 2.00 bits per heavy atom. The third-order valence-electron chi connectivity index (χ3n) is 5.71. The van der Waals surface area contributed by atoms with Gasteiger partial charge in [-0.25, -0.2) is 18.1 Å². The van der Waals surface area contributed by atoms with Gasteiger partial charge in [-0.05, 0) is 56.2 Å². The molecule has 1 aliphatic carbocycles. The SMILES string of the molecule is CCS(=O)(=O)NC(=O)c1cccc(Cn2c(C3(C)CC3)cc3cc(OC)ccc32)n1. The summed E-state index contributed by atoms with van der Waals surface area (Å²) >= 11 is 0. The van der Waals surface area contributed by atoms with Crippen molar-refractivity contribution in [3.05, 3.63) is 59.5 Å². The monoisotopic (exact) mass is 427 g/mol. The predicted octanol–water partition coefficient (Wildman–Crippen LogP) is 3.22. The van der Waals surface area contributed by atoms with Crippen LogP contribution in [0.5, 0.6) is 5.75 Å². The van der Waals surface area contributed by atoms with E-state index in [1.807, 2.05) is 29.0 Å². The van der Waals surface area contributed by atoms with Crippen LogP contribution in [0, 0.1) is 0 Å². The number of benzene rings is 1. The van der Waals surface area contributed by atoms with Crippen molar-refractivity contribution in [1.29, 1.82) is 0 Å². The van der Waals surface area contributed by atoms with Crippen molar-refractivity contribution >= 4 is 26.8 Å². The number of nitrogens with one attached hydrogen (secondary N) is 1. The molecule has 2 heterocycles. The van der Waals surface area contributed by atoms with Crippen LogP contribution >= 0.6 is 0 Å². The normalized spacial score (nSPS) is 15.2. The molecule has 4 rings (SSSR count). The topological polar surface area (TPSA) is 90.3 Å². The van der Waals surface area contributed by atoms with E-state index in [1.54, 1.807) is 13.2 Å². The van der Waals surface area contributed by atoms with Crippen molar-refractivity contribution in [1.82, 2.24) is 14.3 Å². The minimum absolute atomic E-state index is 0.0850. The fraction of sp³-hybridized carbons (Fsp3) is 0.364. The van der Waals surface area contributed by atoms with E-state index < -0.39 is 15.9 Å². The highest BCUT2D eigenvalue weighted by atomic mass is 32.2. The number of ether oxygens (including phenoxy) is 1. The van der Waals surface area contributed by atoms with Gasteiger partial charge in [-0.1, -0.05) is 13.0 Å². The third-order valence-corrected chi connectivity index (χ3v) is 6.97. The number of hydrogen-bond acceptors (Lipinski definition) is 5. The maximum atomic E-state index is 12.3. The van der Waals surface area contributed by atoms with E-state index in [1.165, 1.54) is 18.7 Å². The molecule has 0 spiro atoms. The first-order valence-corrected chi connectivity index (χ1v) is 11.6. The molecule has 0 atom stereocenters. The summed E-state index contributed by atoms with van der Waals surface area (Å²) in [5.41, 5.74) is 3.22. The molecule has 0 radical (unpaired) electrons. The third kappa shape index (κ3) is 3.92. The first kappa shape index (κ1) is 20.4. The van der Waals surface area contributed by atoms with Crippen molar-refractivity contribution in [3.8, 4) is 5.75 Å². The Morgan fingerprint density at radius 3 is 2.67 bits per heavy atom. The Bertz CT molecular complexity index is 1230. The van der Waals surface area contributed by atoms with E-state index in [-0.39, 0.29) is 16.9 Å². The van der Waals surface area contributed by atoms with Crippen LogP contribution in [-0.4, -0.2) is 36.7 Å². The van der Waals surface area contributed by atoms with Gasteiger partial charge in [-0.2, -0.15) is 0 Å². The van der Waals surface area contributed by atoms with Crippen LogP contribution in [-0.2, 0) is 22.0 Å². The summed E-state index contributed by atoms with van der Waals surface area (Å²) in [6.45, 7) is 4.22. The minimum atomic E-state index is -3.64. The summed E-state index contributed by atoms with van der Waals surface area (Å²) in [7, 11) is -1.99. The highest BCUT2D eigenvalue weighted by molar-refractivity contribution is 7.90. The summed E-state index contributed by atoms with van der Waals surface area (Å²) in [4.78, 5) is 16.7. The van der Waals surface area contributed by atoms with E-state index in [4.69, 9.17) is 4.74 Å². The second kappa shape index (κ2) is 7.43. The highest BCUT2D eigenvalue weighted by Crippen LogP contribution is 2.49. The number of methoxy groups -OCH3 is 1. The highest BCUT2D eigenvalue weighted by Gasteiger charge is 2.42. The molecule has 7 nitrogen and oxygen atoms in total. The van der Waals surface area contributed by atoms with Gasteiger partial charge in [0.15, 0.2) is 0 Å². The number of sulfonamides is 1. The summed E-state index contributed by atoms with van der Waals surface area (Å²) < 4.78 is 33.1. The fourth-order valence-electron chi connectivity index (χ4n) is 3.61. The van der Waals surface area contributed by atoms with Gasteiger partial charge in [0.1, 0.15) is 11.4 Å². The first-order chi connectivity index (χ1) is 14.2. The van der Waals surface area contributed by atoms with Gasteiger partial charge < -0.3 is 9.30 Å². The molecule has 0 unspecified atom stereocenters. The average molecular weight is 428 g/mol. The van der Waals surface area contributed by atoms with Gasteiger partial charge in [0, 0.05) is 22.0 Å². The van der Waals surface area contributed by atoms with E-state index in [2.05, 4.69) is 22.5 Å². The van der Waals surface area contributed by atoms with Crippen molar-refractivity contribution in [3.63, 3.8) is 0 Å². The number of hydrogen-bond donors (Lipinski definition) is 1. The molecule has 0 bridgehead atoms.